The molecule has 1 rings (SSSR count). The van der Waals surface area contributed by atoms with Crippen LogP contribution in [0.2, 0.25) is 0 Å². The Morgan fingerprint density at radius 2 is 1.95 bits per heavy atom. The lowest BCUT2D eigenvalue weighted by Crippen LogP contribution is -2.29. The van der Waals surface area contributed by atoms with Crippen LogP contribution >= 0.6 is 24.0 Å². The molecule has 0 saturated heterocycles. The molecule has 22 heavy (non-hydrogen) atoms. The quantitative estimate of drug-likeness (QED) is 0.383. The summed E-state index contributed by atoms with van der Waals surface area (Å²) in [5, 5.41) is 6.54. The van der Waals surface area contributed by atoms with Gasteiger partial charge in [-0.15, -0.1) is 0 Å². The van der Waals surface area contributed by atoms with E-state index in [2.05, 4.69) is 10.6 Å². The minimum absolute atomic E-state index is 0.492. The molecule has 8 heteroatoms. The Morgan fingerprint density at radius 3 is 2.59 bits per heavy atom. The van der Waals surface area contributed by atoms with Crippen molar-refractivity contribution in [2.75, 3.05) is 38.8 Å². The molecule has 0 aliphatic carbocycles. The zero-order valence-corrected chi connectivity index (χ0v) is 13.9. The summed E-state index contributed by atoms with van der Waals surface area (Å²) in [4.78, 5) is 0.521. The Hall–Kier alpha value is -0.960. The molecule has 2 N–H and O–H groups in total. The normalized spacial score (nSPS) is 10.7. The van der Waals surface area contributed by atoms with Crippen molar-refractivity contribution < 1.29 is 18.3 Å². The van der Waals surface area contributed by atoms with Crippen molar-refractivity contribution in [1.82, 2.24) is 5.32 Å². The molecule has 0 amide bonds. The first-order chi connectivity index (χ1) is 10.6. The lowest BCUT2D eigenvalue weighted by Gasteiger charge is -2.11. The Bertz CT molecular complexity index is 433. The second-order valence-electron chi connectivity index (χ2n) is 4.24. The SMILES string of the molecule is COCCOCCCNC(=S)Nc1ccc(SC(F)F)cc1. The Labute approximate surface area is 138 Å². The number of thioether (sulfide) groups is 1. The summed E-state index contributed by atoms with van der Waals surface area (Å²) in [6, 6.07) is 6.69. The number of nitrogens with one attached hydrogen (secondary N) is 2. The Morgan fingerprint density at radius 1 is 1.23 bits per heavy atom. The molecule has 0 bridgehead atoms. The van der Waals surface area contributed by atoms with Gasteiger partial charge in [0, 0.05) is 30.8 Å². The number of alkyl halides is 2. The second-order valence-corrected chi connectivity index (χ2v) is 5.71. The molecular weight excluding hydrogens is 330 g/mol. The number of anilines is 1. The van der Waals surface area contributed by atoms with Crippen LogP contribution in [-0.4, -0.2) is 44.3 Å². The van der Waals surface area contributed by atoms with Crippen molar-refractivity contribution in [2.24, 2.45) is 0 Å². The lowest BCUT2D eigenvalue weighted by atomic mass is 10.3. The fourth-order valence-corrected chi connectivity index (χ4v) is 2.23. The summed E-state index contributed by atoms with van der Waals surface area (Å²) in [7, 11) is 1.63. The van der Waals surface area contributed by atoms with Gasteiger partial charge in [0.2, 0.25) is 0 Å². The smallest absolute Gasteiger partial charge is 0.288 e. The molecule has 1 aromatic carbocycles. The van der Waals surface area contributed by atoms with E-state index in [0.29, 0.717) is 48.1 Å². The molecule has 0 unspecified atom stereocenters. The molecular formula is C14H20F2N2O2S2. The maximum absolute atomic E-state index is 12.2. The van der Waals surface area contributed by atoms with Gasteiger partial charge >= 0.3 is 0 Å². The molecule has 0 aliphatic heterocycles. The number of ether oxygens (including phenoxy) is 2. The largest absolute Gasteiger partial charge is 0.382 e. The van der Waals surface area contributed by atoms with E-state index >= 15 is 0 Å². The molecule has 0 aromatic heterocycles. The van der Waals surface area contributed by atoms with Crippen LogP contribution < -0.4 is 10.6 Å². The number of hydrogen-bond donors (Lipinski definition) is 2. The average molecular weight is 350 g/mol. The van der Waals surface area contributed by atoms with Gasteiger partial charge in [0.25, 0.3) is 5.76 Å². The van der Waals surface area contributed by atoms with Crippen LogP contribution in [0, 0.1) is 0 Å². The summed E-state index contributed by atoms with van der Waals surface area (Å²) >= 11 is 5.67. The van der Waals surface area contributed by atoms with E-state index in [9.17, 15) is 8.78 Å². The predicted molar refractivity (Wildman–Crippen MR) is 89.8 cm³/mol. The number of thiocarbonyl (C=S) groups is 1. The molecule has 124 valence electrons. The van der Waals surface area contributed by atoms with Gasteiger partial charge in [-0.05, 0) is 42.9 Å². The van der Waals surface area contributed by atoms with E-state index in [1.54, 1.807) is 31.4 Å². The highest BCUT2D eigenvalue weighted by Gasteiger charge is 2.05. The van der Waals surface area contributed by atoms with Crippen LogP contribution in [0.15, 0.2) is 29.2 Å². The molecule has 0 aliphatic rings. The fraction of sp³-hybridized carbons (Fsp3) is 0.500. The first-order valence-electron chi connectivity index (χ1n) is 6.78. The number of benzene rings is 1. The maximum atomic E-state index is 12.2. The standard InChI is InChI=1S/C14H20F2N2O2S2/c1-19-9-10-20-8-2-7-17-14(21)18-11-3-5-12(6-4-11)22-13(15)16/h3-6,13H,2,7-10H2,1H3,(H2,17,18,21). The van der Waals surface area contributed by atoms with Crippen LogP contribution in [0.3, 0.4) is 0 Å². The topological polar surface area (TPSA) is 42.5 Å². The van der Waals surface area contributed by atoms with Crippen LogP contribution in [0.1, 0.15) is 6.42 Å². The first kappa shape index (κ1) is 19.1. The summed E-state index contributed by atoms with van der Waals surface area (Å²) in [6.45, 7) is 2.51. The van der Waals surface area contributed by atoms with Gasteiger partial charge in [-0.1, -0.05) is 11.8 Å². The predicted octanol–water partition coefficient (Wildman–Crippen LogP) is 3.34. The third-order valence-corrected chi connectivity index (χ3v) is 3.49. The van der Waals surface area contributed by atoms with Gasteiger partial charge in [-0.25, -0.2) is 0 Å². The summed E-state index contributed by atoms with van der Waals surface area (Å²) in [5.41, 5.74) is 0.757. The van der Waals surface area contributed by atoms with Gasteiger partial charge in [-0.2, -0.15) is 8.78 Å². The number of methoxy groups -OCH3 is 1. The van der Waals surface area contributed by atoms with E-state index in [1.165, 1.54) is 0 Å². The summed E-state index contributed by atoms with van der Waals surface area (Å²) < 4.78 is 34.6. The Balaban J connectivity index is 2.16. The highest BCUT2D eigenvalue weighted by molar-refractivity contribution is 7.99. The van der Waals surface area contributed by atoms with Crippen molar-refractivity contribution >= 4 is 34.8 Å². The molecule has 4 nitrogen and oxygen atoms in total. The van der Waals surface area contributed by atoms with Crippen LogP contribution in [0.5, 0.6) is 0 Å². The maximum Gasteiger partial charge on any atom is 0.288 e. The highest BCUT2D eigenvalue weighted by atomic mass is 32.2. The molecule has 0 radical (unpaired) electrons. The Kier molecular flexibility index (Phi) is 10.1. The van der Waals surface area contributed by atoms with E-state index in [0.717, 1.165) is 12.1 Å². The fourth-order valence-electron chi connectivity index (χ4n) is 1.52. The minimum atomic E-state index is -2.41. The number of hydrogen-bond acceptors (Lipinski definition) is 4. The summed E-state index contributed by atoms with van der Waals surface area (Å²) in [6.07, 6.45) is 0.829. The van der Waals surface area contributed by atoms with Crippen LogP contribution in [0.4, 0.5) is 14.5 Å². The molecule has 1 aromatic rings. The minimum Gasteiger partial charge on any atom is -0.382 e. The molecule has 0 saturated carbocycles. The van der Waals surface area contributed by atoms with Gasteiger partial charge in [0.1, 0.15) is 0 Å². The summed E-state index contributed by atoms with van der Waals surface area (Å²) in [5.74, 6) is -2.41. The van der Waals surface area contributed by atoms with Gasteiger partial charge in [0.15, 0.2) is 5.11 Å². The van der Waals surface area contributed by atoms with Gasteiger partial charge in [0.05, 0.1) is 13.2 Å². The highest BCUT2D eigenvalue weighted by Crippen LogP contribution is 2.26. The van der Waals surface area contributed by atoms with Crippen LogP contribution in [0.25, 0.3) is 0 Å². The molecule has 0 fully saturated rings. The molecule has 0 spiro atoms. The van der Waals surface area contributed by atoms with E-state index < -0.39 is 5.76 Å². The zero-order valence-electron chi connectivity index (χ0n) is 12.3. The van der Waals surface area contributed by atoms with Crippen molar-refractivity contribution in [3.05, 3.63) is 24.3 Å². The number of halogens is 2. The van der Waals surface area contributed by atoms with Crippen molar-refractivity contribution in [3.8, 4) is 0 Å². The monoisotopic (exact) mass is 350 g/mol. The third kappa shape index (κ3) is 9.14. The van der Waals surface area contributed by atoms with E-state index in [-0.39, 0.29) is 0 Å². The van der Waals surface area contributed by atoms with Crippen molar-refractivity contribution in [1.29, 1.82) is 0 Å². The van der Waals surface area contributed by atoms with Crippen molar-refractivity contribution in [2.45, 2.75) is 17.1 Å². The van der Waals surface area contributed by atoms with E-state index in [4.69, 9.17) is 21.7 Å². The van der Waals surface area contributed by atoms with Gasteiger partial charge < -0.3 is 20.1 Å². The van der Waals surface area contributed by atoms with Crippen molar-refractivity contribution in [3.63, 3.8) is 0 Å². The van der Waals surface area contributed by atoms with Gasteiger partial charge in [-0.3, -0.25) is 0 Å². The zero-order chi connectivity index (χ0) is 16.2. The molecule has 0 heterocycles. The van der Waals surface area contributed by atoms with Crippen LogP contribution in [-0.2, 0) is 9.47 Å². The number of rotatable bonds is 10. The molecule has 0 atom stereocenters. The van der Waals surface area contributed by atoms with E-state index in [1.807, 2.05) is 0 Å². The first-order valence-corrected chi connectivity index (χ1v) is 8.07. The average Bonchev–Trinajstić information content (AvgIpc) is 2.48. The second kappa shape index (κ2) is 11.6. The third-order valence-electron chi connectivity index (χ3n) is 2.52. The lowest BCUT2D eigenvalue weighted by molar-refractivity contribution is 0.0699.